The monoisotopic (exact) mass is 679 g/mol. The quantitative estimate of drug-likeness (QED) is 0.0504. The summed E-state index contributed by atoms with van der Waals surface area (Å²) in [6.45, 7) is 1.71. The topological polar surface area (TPSA) is 71.1 Å². The molecule has 0 amide bonds. The van der Waals surface area contributed by atoms with Gasteiger partial charge in [-0.2, -0.15) is 0 Å². The first-order valence-corrected chi connectivity index (χ1v) is 17.8. The Balaban J connectivity index is 1.71. The maximum atomic E-state index is 11.6. The number of rotatable bonds is 28. The third-order valence-corrected chi connectivity index (χ3v) is 8.47. The van der Waals surface area contributed by atoms with E-state index in [1.54, 1.807) is 6.42 Å². The van der Waals surface area contributed by atoms with E-state index < -0.39 is 7.82 Å². The lowest BCUT2D eigenvalue weighted by atomic mass is 10.0. The van der Waals surface area contributed by atoms with Gasteiger partial charge in [-0.05, 0) is 73.6 Å². The molecule has 1 unspecified atom stereocenters. The van der Waals surface area contributed by atoms with Gasteiger partial charge in [-0.25, -0.2) is 0 Å². The molecule has 0 aliphatic carbocycles. The molecule has 0 saturated heterocycles. The van der Waals surface area contributed by atoms with Crippen molar-refractivity contribution in [2.75, 3.05) is 47.1 Å². The minimum atomic E-state index is -4.22. The molecule has 0 saturated carbocycles. The molecule has 1 atom stereocenters. The van der Waals surface area contributed by atoms with Crippen molar-refractivity contribution >= 4 is 30.4 Å². The van der Waals surface area contributed by atoms with Crippen LogP contribution in [-0.2, 0) is 24.8 Å². The number of likely N-dealkylation sites (N-methyl/N-ethyl adjacent to an activating group) is 1. The van der Waals surface area contributed by atoms with Crippen LogP contribution in [0.1, 0.15) is 108 Å². The van der Waals surface area contributed by atoms with E-state index in [4.69, 9.17) is 13.8 Å². The summed E-state index contributed by atoms with van der Waals surface area (Å²) in [7, 11) is -0.512. The smallest absolute Gasteiger partial charge is 0.267 e. The highest BCUT2D eigenvalue weighted by atomic mass is 127. The number of unbranched alkanes of at least 4 members (excludes halogenated alkanes) is 15. The van der Waals surface area contributed by atoms with E-state index in [1.165, 1.54) is 112 Å². The highest BCUT2D eigenvalue weighted by Crippen LogP contribution is 2.37. The molecule has 1 aromatic carbocycles. The SMILES string of the molecule is CN(C)CCOP(=O)([O-])OC[CH]COCCCCCCCCCCCCCCCCCCc1ccc(I)cc1. The van der Waals surface area contributed by atoms with Gasteiger partial charge in [0, 0.05) is 23.1 Å². The molecule has 8 heteroatoms. The number of halogens is 1. The summed E-state index contributed by atoms with van der Waals surface area (Å²) in [5, 5.41) is 0. The fourth-order valence-corrected chi connectivity index (χ4v) is 5.42. The van der Waals surface area contributed by atoms with Crippen LogP contribution in [0.4, 0.5) is 0 Å². The number of phosphoric acid groups is 1. The van der Waals surface area contributed by atoms with Crippen LogP contribution in [0.25, 0.3) is 0 Å². The van der Waals surface area contributed by atoms with Crippen LogP contribution in [0.5, 0.6) is 0 Å². The van der Waals surface area contributed by atoms with Crippen molar-refractivity contribution in [2.45, 2.75) is 109 Å². The molecule has 1 aromatic rings. The summed E-state index contributed by atoms with van der Waals surface area (Å²) in [4.78, 5) is 13.4. The second-order valence-electron chi connectivity index (χ2n) is 10.8. The van der Waals surface area contributed by atoms with Crippen molar-refractivity contribution < 1.29 is 23.2 Å². The molecular weight excluding hydrogens is 624 g/mol. The lowest BCUT2D eigenvalue weighted by molar-refractivity contribution is -0.225. The zero-order chi connectivity index (χ0) is 28.4. The normalized spacial score (nSPS) is 13.3. The second kappa shape index (κ2) is 25.7. The standard InChI is InChI=1S/C31H56INO5P/c1-33(2)25-29-38-39(34,35)37-28-19-27-36-26-18-16-14-12-10-8-6-4-3-5-7-9-11-13-15-17-20-30-21-23-31(32)24-22-30/h19,21-24H,3-18,20,25-29H2,1-2H3,(H,34,35)/p-1. The molecule has 39 heavy (non-hydrogen) atoms. The number of ether oxygens (including phenoxy) is 1. The first-order valence-electron chi connectivity index (χ1n) is 15.3. The van der Waals surface area contributed by atoms with Crippen molar-refractivity contribution in [3.05, 3.63) is 39.8 Å². The molecule has 6 nitrogen and oxygen atoms in total. The van der Waals surface area contributed by atoms with E-state index in [-0.39, 0.29) is 13.2 Å². The Morgan fingerprint density at radius 1 is 0.718 bits per heavy atom. The van der Waals surface area contributed by atoms with Crippen LogP contribution < -0.4 is 4.89 Å². The molecule has 0 aliphatic heterocycles. The molecule has 0 aliphatic rings. The van der Waals surface area contributed by atoms with Crippen LogP contribution in [0, 0.1) is 9.99 Å². The van der Waals surface area contributed by atoms with Gasteiger partial charge >= 0.3 is 0 Å². The predicted molar refractivity (Wildman–Crippen MR) is 170 cm³/mol. The fraction of sp³-hybridized carbons (Fsp3) is 0.774. The van der Waals surface area contributed by atoms with Crippen LogP contribution in [0.3, 0.4) is 0 Å². The Hall–Kier alpha value is -0.0200. The zero-order valence-corrected chi connectivity index (χ0v) is 27.8. The van der Waals surface area contributed by atoms with Crippen LogP contribution >= 0.6 is 30.4 Å². The van der Waals surface area contributed by atoms with E-state index in [0.717, 1.165) is 6.42 Å². The van der Waals surface area contributed by atoms with Crippen LogP contribution in [0.15, 0.2) is 24.3 Å². The maximum Gasteiger partial charge on any atom is 0.267 e. The highest BCUT2D eigenvalue weighted by Gasteiger charge is 2.09. The maximum absolute atomic E-state index is 11.6. The second-order valence-corrected chi connectivity index (χ2v) is 13.4. The van der Waals surface area contributed by atoms with Crippen LogP contribution in [-0.4, -0.2) is 52.0 Å². The molecule has 1 rings (SSSR count). The Labute approximate surface area is 253 Å². The first kappa shape index (κ1) is 37.0. The highest BCUT2D eigenvalue weighted by molar-refractivity contribution is 14.1. The molecule has 0 heterocycles. The van der Waals surface area contributed by atoms with E-state index in [1.807, 2.05) is 19.0 Å². The predicted octanol–water partition coefficient (Wildman–Crippen LogP) is 8.36. The number of benzene rings is 1. The van der Waals surface area contributed by atoms with Gasteiger partial charge in [0.15, 0.2) is 0 Å². The molecule has 0 aromatic heterocycles. The van der Waals surface area contributed by atoms with Gasteiger partial charge in [0.2, 0.25) is 0 Å². The Morgan fingerprint density at radius 3 is 1.72 bits per heavy atom. The molecule has 0 spiro atoms. The molecule has 1 radical (unpaired) electrons. The molecule has 0 N–H and O–H groups in total. The average Bonchev–Trinajstić information content (AvgIpc) is 2.89. The largest absolute Gasteiger partial charge is 0.756 e. The number of aryl methyl sites for hydroxylation is 1. The summed E-state index contributed by atoms with van der Waals surface area (Å²) < 4.78 is 28.0. The third-order valence-electron chi connectivity index (χ3n) is 6.79. The van der Waals surface area contributed by atoms with Crippen molar-refractivity contribution in [3.8, 4) is 0 Å². The van der Waals surface area contributed by atoms with Crippen molar-refractivity contribution in [2.24, 2.45) is 0 Å². The van der Waals surface area contributed by atoms with Gasteiger partial charge in [0.1, 0.15) is 0 Å². The van der Waals surface area contributed by atoms with Gasteiger partial charge in [-0.3, -0.25) is 4.57 Å². The van der Waals surface area contributed by atoms with E-state index in [0.29, 0.717) is 19.8 Å². The Morgan fingerprint density at radius 2 is 1.21 bits per heavy atom. The summed E-state index contributed by atoms with van der Waals surface area (Å²) >= 11 is 2.37. The first-order chi connectivity index (χ1) is 18.9. The summed E-state index contributed by atoms with van der Waals surface area (Å²) in [6.07, 6.45) is 24.4. The van der Waals surface area contributed by atoms with E-state index in [2.05, 4.69) is 46.9 Å². The number of nitrogens with zero attached hydrogens (tertiary/aromatic N) is 1. The summed E-state index contributed by atoms with van der Waals surface area (Å²) in [5.41, 5.74) is 1.48. The fourth-order valence-electron chi connectivity index (χ4n) is 4.39. The van der Waals surface area contributed by atoms with Crippen molar-refractivity contribution in [1.82, 2.24) is 4.90 Å². The molecular formula is C31H55INO5P-. The third kappa shape index (κ3) is 25.4. The van der Waals surface area contributed by atoms with E-state index >= 15 is 0 Å². The lowest BCUT2D eigenvalue weighted by Crippen LogP contribution is -2.20. The molecule has 227 valence electrons. The number of hydrogen-bond acceptors (Lipinski definition) is 6. The minimum Gasteiger partial charge on any atom is -0.756 e. The number of hydrogen-bond donors (Lipinski definition) is 0. The lowest BCUT2D eigenvalue weighted by Gasteiger charge is -2.23. The Kier molecular flexibility index (Phi) is 24.4. The van der Waals surface area contributed by atoms with Crippen LogP contribution in [0.2, 0.25) is 0 Å². The molecule has 0 bridgehead atoms. The van der Waals surface area contributed by atoms with Gasteiger partial charge in [-0.1, -0.05) is 102 Å². The Bertz CT molecular complexity index is 719. The molecule has 0 fully saturated rings. The van der Waals surface area contributed by atoms with Crippen molar-refractivity contribution in [3.63, 3.8) is 0 Å². The zero-order valence-electron chi connectivity index (χ0n) is 24.8. The van der Waals surface area contributed by atoms with Gasteiger partial charge in [-0.15, -0.1) is 0 Å². The number of phosphoric ester groups is 1. The van der Waals surface area contributed by atoms with Gasteiger partial charge < -0.3 is 23.6 Å². The van der Waals surface area contributed by atoms with E-state index in [9.17, 15) is 9.46 Å². The van der Waals surface area contributed by atoms with Gasteiger partial charge in [0.05, 0.1) is 19.8 Å². The van der Waals surface area contributed by atoms with Gasteiger partial charge in [0.25, 0.3) is 7.82 Å². The van der Waals surface area contributed by atoms with Crippen molar-refractivity contribution in [1.29, 1.82) is 0 Å². The minimum absolute atomic E-state index is 0.0159. The summed E-state index contributed by atoms with van der Waals surface area (Å²) in [6, 6.07) is 8.96. The summed E-state index contributed by atoms with van der Waals surface area (Å²) in [5.74, 6) is 0. The average molecular weight is 680 g/mol.